The monoisotopic (exact) mass is 341 g/mol. The lowest BCUT2D eigenvalue weighted by molar-refractivity contribution is 0.0977. The Morgan fingerprint density at radius 3 is 2.62 bits per heavy atom. The van der Waals surface area contributed by atoms with Gasteiger partial charge in [0.25, 0.3) is 5.91 Å². The van der Waals surface area contributed by atoms with Crippen LogP contribution in [0.2, 0.25) is 5.02 Å². The summed E-state index contributed by atoms with van der Waals surface area (Å²) < 4.78 is 1.61. The van der Waals surface area contributed by atoms with Crippen LogP contribution in [0.15, 0.2) is 29.4 Å². The molecule has 9 heteroatoms. The van der Waals surface area contributed by atoms with E-state index in [1.165, 1.54) is 11.8 Å². The summed E-state index contributed by atoms with van der Waals surface area (Å²) in [5.41, 5.74) is 3.33. The summed E-state index contributed by atoms with van der Waals surface area (Å²) in [5.74, 6) is 0.322. The number of thiocarbonyl (C=S) groups is 1. The molecule has 0 saturated heterocycles. The van der Waals surface area contributed by atoms with Gasteiger partial charge in [0.05, 0.1) is 0 Å². The molecule has 0 bridgehead atoms. The minimum atomic E-state index is -0.319. The maximum absolute atomic E-state index is 12.0. The van der Waals surface area contributed by atoms with Gasteiger partial charge in [-0.15, -0.1) is 10.2 Å². The predicted octanol–water partition coefficient (Wildman–Crippen LogP) is 2.22. The van der Waals surface area contributed by atoms with Crippen LogP contribution in [0.25, 0.3) is 0 Å². The van der Waals surface area contributed by atoms with Crippen molar-refractivity contribution in [1.29, 1.82) is 0 Å². The fourth-order valence-electron chi connectivity index (χ4n) is 1.51. The van der Waals surface area contributed by atoms with Gasteiger partial charge in [0.15, 0.2) is 5.11 Å². The molecule has 0 fully saturated rings. The highest BCUT2D eigenvalue weighted by molar-refractivity contribution is 7.98. The largest absolute Gasteiger partial charge is 0.298 e. The first-order valence-electron chi connectivity index (χ1n) is 5.85. The molecule has 2 rings (SSSR count). The third-order valence-corrected chi connectivity index (χ3v) is 3.60. The van der Waals surface area contributed by atoms with E-state index in [1.807, 2.05) is 6.26 Å². The van der Waals surface area contributed by atoms with Crippen LogP contribution in [0.3, 0.4) is 0 Å². The molecule has 6 nitrogen and oxygen atoms in total. The van der Waals surface area contributed by atoms with Crippen LogP contribution in [0.4, 0.5) is 0 Å². The molecule has 1 aromatic heterocycles. The molecule has 0 aliphatic heterocycles. The van der Waals surface area contributed by atoms with Crippen LogP contribution < -0.4 is 10.7 Å². The topological polar surface area (TPSA) is 71.8 Å². The molecule has 0 radical (unpaired) electrons. The van der Waals surface area contributed by atoms with Gasteiger partial charge < -0.3 is 0 Å². The number of nitrogens with one attached hydrogen (secondary N) is 2. The highest BCUT2D eigenvalue weighted by atomic mass is 35.5. The molecule has 0 aliphatic carbocycles. The number of amides is 1. The lowest BCUT2D eigenvalue weighted by Gasteiger charge is -2.12. The second-order valence-corrected chi connectivity index (χ2v) is 5.59. The Morgan fingerprint density at radius 2 is 2.00 bits per heavy atom. The smallest absolute Gasteiger partial charge is 0.257 e. The van der Waals surface area contributed by atoms with Gasteiger partial charge in [-0.25, -0.2) is 4.68 Å². The summed E-state index contributed by atoms with van der Waals surface area (Å²) in [6, 6.07) is 6.53. The average molecular weight is 342 g/mol. The van der Waals surface area contributed by atoms with Crippen molar-refractivity contribution in [3.63, 3.8) is 0 Å². The second kappa shape index (κ2) is 6.88. The van der Waals surface area contributed by atoms with Crippen molar-refractivity contribution in [2.75, 3.05) is 11.7 Å². The first-order valence-corrected chi connectivity index (χ1v) is 7.86. The summed E-state index contributed by atoms with van der Waals surface area (Å²) in [7, 11) is 0. The molecule has 0 saturated carbocycles. The standard InChI is InChI=1S/C12H12ClN5OS2/c1-7-15-16-12(21-2)18(7)17-11(20)14-10(19)8-3-5-9(13)6-4-8/h3-6H,1-2H3,(H2,14,17,19,20). The fraction of sp³-hybridized carbons (Fsp3) is 0.167. The lowest BCUT2D eigenvalue weighted by atomic mass is 10.2. The summed E-state index contributed by atoms with van der Waals surface area (Å²) in [6.45, 7) is 1.78. The molecule has 2 N–H and O–H groups in total. The summed E-state index contributed by atoms with van der Waals surface area (Å²) in [5, 5.41) is 11.9. The number of carbonyl (C=O) groups excluding carboxylic acids is 1. The van der Waals surface area contributed by atoms with E-state index in [0.29, 0.717) is 21.6 Å². The van der Waals surface area contributed by atoms with E-state index in [0.717, 1.165) is 0 Å². The molecule has 0 spiro atoms. The summed E-state index contributed by atoms with van der Waals surface area (Å²) in [4.78, 5) is 12.0. The van der Waals surface area contributed by atoms with Gasteiger partial charge in [-0.1, -0.05) is 23.4 Å². The van der Waals surface area contributed by atoms with E-state index in [1.54, 1.807) is 35.9 Å². The van der Waals surface area contributed by atoms with Crippen molar-refractivity contribution >= 4 is 46.6 Å². The van der Waals surface area contributed by atoms with Gasteiger partial charge >= 0.3 is 0 Å². The number of benzene rings is 1. The average Bonchev–Trinajstić information content (AvgIpc) is 2.80. The minimum absolute atomic E-state index is 0.160. The molecule has 1 amide bonds. The molecular weight excluding hydrogens is 330 g/mol. The third kappa shape index (κ3) is 3.93. The fourth-order valence-corrected chi connectivity index (χ4v) is 2.30. The molecule has 2 aromatic rings. The third-order valence-electron chi connectivity index (χ3n) is 2.52. The van der Waals surface area contributed by atoms with Crippen LogP contribution in [0, 0.1) is 6.92 Å². The molecule has 0 atom stereocenters. The molecule has 1 aromatic carbocycles. The molecule has 0 unspecified atom stereocenters. The highest BCUT2D eigenvalue weighted by Gasteiger charge is 2.11. The number of aryl methyl sites for hydroxylation is 1. The first kappa shape index (κ1) is 15.7. The zero-order valence-corrected chi connectivity index (χ0v) is 13.6. The van der Waals surface area contributed by atoms with Crippen molar-refractivity contribution in [2.24, 2.45) is 0 Å². The van der Waals surface area contributed by atoms with Gasteiger partial charge in [-0.05, 0) is 49.7 Å². The maximum Gasteiger partial charge on any atom is 0.257 e. The van der Waals surface area contributed by atoms with Crippen molar-refractivity contribution in [2.45, 2.75) is 12.1 Å². The number of hydrogen-bond donors (Lipinski definition) is 2. The van der Waals surface area contributed by atoms with Crippen LogP contribution in [-0.2, 0) is 0 Å². The van der Waals surface area contributed by atoms with Crippen molar-refractivity contribution < 1.29 is 4.79 Å². The summed E-state index contributed by atoms with van der Waals surface area (Å²) in [6.07, 6.45) is 1.87. The Morgan fingerprint density at radius 1 is 1.33 bits per heavy atom. The number of aromatic nitrogens is 3. The van der Waals surface area contributed by atoms with Gasteiger partial charge in [-0.3, -0.25) is 15.5 Å². The van der Waals surface area contributed by atoms with Crippen molar-refractivity contribution in [3.8, 4) is 0 Å². The Bertz CT molecular complexity index is 671. The quantitative estimate of drug-likeness (QED) is 0.659. The second-order valence-electron chi connectivity index (χ2n) is 3.97. The van der Waals surface area contributed by atoms with E-state index >= 15 is 0 Å². The SMILES string of the molecule is CSc1nnc(C)n1NC(=S)NC(=O)c1ccc(Cl)cc1. The lowest BCUT2D eigenvalue weighted by Crippen LogP contribution is -2.38. The molecular formula is C12H12ClN5OS2. The number of thioether (sulfide) groups is 1. The molecule has 1 heterocycles. The van der Waals surface area contributed by atoms with E-state index in [2.05, 4.69) is 20.9 Å². The molecule has 110 valence electrons. The predicted molar refractivity (Wildman–Crippen MR) is 87.4 cm³/mol. The Labute approximate surface area is 136 Å². The van der Waals surface area contributed by atoms with E-state index in [4.69, 9.17) is 23.8 Å². The Hall–Kier alpha value is -1.64. The first-order chi connectivity index (χ1) is 10.0. The zero-order chi connectivity index (χ0) is 15.4. The van der Waals surface area contributed by atoms with Gasteiger partial charge in [-0.2, -0.15) is 0 Å². The number of hydrogen-bond acceptors (Lipinski definition) is 5. The van der Waals surface area contributed by atoms with Crippen molar-refractivity contribution in [1.82, 2.24) is 20.2 Å². The van der Waals surface area contributed by atoms with E-state index in [-0.39, 0.29) is 11.0 Å². The number of rotatable bonds is 3. The summed E-state index contributed by atoms with van der Waals surface area (Å²) >= 11 is 12.3. The minimum Gasteiger partial charge on any atom is -0.298 e. The van der Waals surface area contributed by atoms with Gasteiger partial charge in [0, 0.05) is 10.6 Å². The zero-order valence-electron chi connectivity index (χ0n) is 11.3. The number of carbonyl (C=O) groups is 1. The van der Waals surface area contributed by atoms with E-state index in [9.17, 15) is 4.79 Å². The number of halogens is 1. The highest BCUT2D eigenvalue weighted by Crippen LogP contribution is 2.11. The van der Waals surface area contributed by atoms with Crippen LogP contribution >= 0.6 is 35.6 Å². The van der Waals surface area contributed by atoms with Crippen LogP contribution in [-0.4, -0.2) is 32.1 Å². The van der Waals surface area contributed by atoms with Crippen molar-refractivity contribution in [3.05, 3.63) is 40.7 Å². The maximum atomic E-state index is 12.0. The van der Waals surface area contributed by atoms with Crippen LogP contribution in [0.5, 0.6) is 0 Å². The van der Waals surface area contributed by atoms with E-state index < -0.39 is 0 Å². The molecule has 21 heavy (non-hydrogen) atoms. The Kier molecular flexibility index (Phi) is 5.16. The molecule has 0 aliphatic rings. The normalized spacial score (nSPS) is 10.2. The Balaban J connectivity index is 2.03. The number of nitrogens with zero attached hydrogens (tertiary/aromatic N) is 3. The van der Waals surface area contributed by atoms with Gasteiger partial charge in [0.1, 0.15) is 5.82 Å². The van der Waals surface area contributed by atoms with Gasteiger partial charge in [0.2, 0.25) is 5.16 Å². The van der Waals surface area contributed by atoms with Crippen LogP contribution in [0.1, 0.15) is 16.2 Å².